The molecule has 0 atom stereocenters. The Bertz CT molecular complexity index is 511. The maximum Gasteiger partial charge on any atom is 0.365 e. The summed E-state index contributed by atoms with van der Waals surface area (Å²) >= 11 is 17.4. The first-order valence-corrected chi connectivity index (χ1v) is 6.40. The second-order valence-electron chi connectivity index (χ2n) is 2.81. The van der Waals surface area contributed by atoms with E-state index >= 15 is 0 Å². The Morgan fingerprint density at radius 2 is 1.88 bits per heavy atom. The molecule has 1 aromatic heterocycles. The molecular formula is C10H5Cl2NO2S2. The van der Waals surface area contributed by atoms with Crippen LogP contribution in [0.1, 0.15) is 0 Å². The van der Waals surface area contributed by atoms with Crippen LogP contribution in [0.3, 0.4) is 0 Å². The Morgan fingerprint density at radius 3 is 2.47 bits per heavy atom. The topological polar surface area (TPSA) is 31.4 Å². The van der Waals surface area contributed by atoms with Gasteiger partial charge in [-0.3, -0.25) is 0 Å². The summed E-state index contributed by atoms with van der Waals surface area (Å²) in [7, 11) is 0. The van der Waals surface area contributed by atoms with Gasteiger partial charge in [-0.1, -0.05) is 52.7 Å². The van der Waals surface area contributed by atoms with E-state index in [1.54, 1.807) is 12.1 Å². The van der Waals surface area contributed by atoms with Crippen LogP contribution in [0, 0.1) is 0 Å². The zero-order chi connectivity index (χ0) is 12.3. The van der Waals surface area contributed by atoms with E-state index in [1.165, 1.54) is 0 Å². The number of thiazole rings is 1. The first-order chi connectivity index (χ1) is 8.15. The largest absolute Gasteiger partial charge is 0.417 e. The van der Waals surface area contributed by atoms with Crippen molar-refractivity contribution in [1.29, 1.82) is 0 Å². The van der Waals surface area contributed by atoms with E-state index in [4.69, 9.17) is 44.9 Å². The van der Waals surface area contributed by atoms with Crippen molar-refractivity contribution in [3.63, 3.8) is 0 Å². The Balaban J connectivity index is 1.98. The van der Waals surface area contributed by atoms with Crippen molar-refractivity contribution in [2.45, 2.75) is 0 Å². The number of halogens is 2. The first kappa shape index (κ1) is 12.6. The molecule has 0 spiro atoms. The second kappa shape index (κ2) is 5.64. The number of benzene rings is 1. The predicted molar refractivity (Wildman–Crippen MR) is 72.4 cm³/mol. The minimum atomic E-state index is -0.0571. The van der Waals surface area contributed by atoms with Crippen molar-refractivity contribution in [2.75, 3.05) is 0 Å². The molecule has 0 amide bonds. The number of hydrogen-bond donors (Lipinski definition) is 0. The minimum absolute atomic E-state index is 0.0571. The molecule has 88 valence electrons. The van der Waals surface area contributed by atoms with E-state index in [9.17, 15) is 0 Å². The second-order valence-corrected chi connectivity index (χ2v) is 5.07. The third-order valence-corrected chi connectivity index (χ3v) is 3.42. The molecule has 0 aliphatic rings. The molecule has 1 aromatic carbocycles. The highest BCUT2D eigenvalue weighted by atomic mass is 35.5. The summed E-state index contributed by atoms with van der Waals surface area (Å²) in [6.45, 7) is 0. The first-order valence-electron chi connectivity index (χ1n) is 4.41. The van der Waals surface area contributed by atoms with Crippen LogP contribution < -0.4 is 9.47 Å². The van der Waals surface area contributed by atoms with E-state index in [1.807, 2.05) is 18.2 Å². The van der Waals surface area contributed by atoms with Gasteiger partial charge in [0.2, 0.25) is 0 Å². The number of rotatable bonds is 2. The van der Waals surface area contributed by atoms with E-state index in [0.717, 1.165) is 11.3 Å². The van der Waals surface area contributed by atoms with Crippen molar-refractivity contribution >= 4 is 52.0 Å². The van der Waals surface area contributed by atoms with Gasteiger partial charge in [-0.05, 0) is 12.1 Å². The third kappa shape index (κ3) is 3.54. The molecule has 2 aromatic rings. The summed E-state index contributed by atoms with van der Waals surface area (Å²) in [6.07, 6.45) is 0. The quantitative estimate of drug-likeness (QED) is 0.778. The normalized spacial score (nSPS) is 10.0. The van der Waals surface area contributed by atoms with Crippen LogP contribution in [0.25, 0.3) is 0 Å². The monoisotopic (exact) mass is 305 g/mol. The summed E-state index contributed by atoms with van der Waals surface area (Å²) in [5.41, 5.74) is 0. The van der Waals surface area contributed by atoms with Crippen LogP contribution in [0.5, 0.6) is 10.9 Å². The summed E-state index contributed by atoms with van der Waals surface area (Å²) < 4.78 is 10.8. The van der Waals surface area contributed by atoms with Gasteiger partial charge >= 0.3 is 5.24 Å². The van der Waals surface area contributed by atoms with Crippen molar-refractivity contribution in [3.8, 4) is 10.9 Å². The van der Waals surface area contributed by atoms with Gasteiger partial charge in [0.05, 0.1) is 0 Å². The zero-order valence-corrected chi connectivity index (χ0v) is 11.4. The summed E-state index contributed by atoms with van der Waals surface area (Å²) in [4.78, 5) is 3.85. The van der Waals surface area contributed by atoms with Gasteiger partial charge in [0.1, 0.15) is 10.1 Å². The highest BCUT2D eigenvalue weighted by Gasteiger charge is 2.11. The van der Waals surface area contributed by atoms with E-state index in [0.29, 0.717) is 10.1 Å². The van der Waals surface area contributed by atoms with Crippen LogP contribution in [0.2, 0.25) is 9.49 Å². The fourth-order valence-corrected chi connectivity index (χ4v) is 2.23. The van der Waals surface area contributed by atoms with E-state index < -0.39 is 0 Å². The van der Waals surface area contributed by atoms with Crippen molar-refractivity contribution < 1.29 is 9.47 Å². The summed E-state index contributed by atoms with van der Waals surface area (Å²) in [5.74, 6) is 0.589. The maximum atomic E-state index is 5.73. The highest BCUT2D eigenvalue weighted by Crippen LogP contribution is 2.33. The number of para-hydroxylation sites is 1. The SMILES string of the molecule is S=C(Oc1ccccc1)Oc1nc(Cl)c(Cl)s1. The molecule has 0 bridgehead atoms. The summed E-state index contributed by atoms with van der Waals surface area (Å²) in [6, 6.07) is 9.05. The molecule has 0 aliphatic carbocycles. The Kier molecular flexibility index (Phi) is 4.17. The number of hydrogen-bond acceptors (Lipinski definition) is 5. The lowest BCUT2D eigenvalue weighted by molar-refractivity contribution is 0.402. The number of ether oxygens (including phenoxy) is 2. The minimum Gasteiger partial charge on any atom is -0.417 e. The molecule has 0 saturated carbocycles. The lowest BCUT2D eigenvalue weighted by Gasteiger charge is -2.04. The fraction of sp³-hybridized carbons (Fsp3) is 0. The lowest BCUT2D eigenvalue weighted by Crippen LogP contribution is -2.13. The molecule has 3 nitrogen and oxygen atoms in total. The van der Waals surface area contributed by atoms with Crippen LogP contribution in [-0.4, -0.2) is 10.2 Å². The predicted octanol–water partition coefficient (Wildman–Crippen LogP) is 4.19. The summed E-state index contributed by atoms with van der Waals surface area (Å²) in [5, 5.41) is 0.383. The molecule has 1 heterocycles. The van der Waals surface area contributed by atoms with Gasteiger partial charge < -0.3 is 9.47 Å². The molecule has 2 rings (SSSR count). The van der Waals surface area contributed by atoms with Crippen LogP contribution >= 0.6 is 46.8 Å². The zero-order valence-electron chi connectivity index (χ0n) is 8.22. The Morgan fingerprint density at radius 1 is 1.18 bits per heavy atom. The van der Waals surface area contributed by atoms with Crippen molar-refractivity contribution in [2.24, 2.45) is 0 Å². The average molecular weight is 306 g/mol. The van der Waals surface area contributed by atoms with Crippen molar-refractivity contribution in [1.82, 2.24) is 4.98 Å². The molecular weight excluding hydrogens is 301 g/mol. The van der Waals surface area contributed by atoms with Crippen LogP contribution in [-0.2, 0) is 0 Å². The molecule has 7 heteroatoms. The highest BCUT2D eigenvalue weighted by molar-refractivity contribution is 7.79. The van der Waals surface area contributed by atoms with Crippen LogP contribution in [0.4, 0.5) is 0 Å². The molecule has 0 radical (unpaired) electrons. The molecule has 0 aliphatic heterocycles. The van der Waals surface area contributed by atoms with E-state index in [-0.39, 0.29) is 15.6 Å². The van der Waals surface area contributed by atoms with Gasteiger partial charge in [0.25, 0.3) is 5.19 Å². The Hall–Kier alpha value is -0.880. The Labute approximate surface area is 117 Å². The van der Waals surface area contributed by atoms with Gasteiger partial charge in [-0.25, -0.2) is 0 Å². The molecule has 0 fully saturated rings. The molecule has 17 heavy (non-hydrogen) atoms. The van der Waals surface area contributed by atoms with Gasteiger partial charge in [0, 0.05) is 12.2 Å². The van der Waals surface area contributed by atoms with Crippen LogP contribution in [0.15, 0.2) is 30.3 Å². The lowest BCUT2D eigenvalue weighted by atomic mass is 10.3. The fourth-order valence-electron chi connectivity index (χ4n) is 0.986. The standard InChI is InChI=1S/C10H5Cl2NO2S2/c11-7-8(12)17-9(13-7)15-10(16)14-6-4-2-1-3-5-6/h1-5H. The average Bonchev–Trinajstić information content (AvgIpc) is 2.59. The third-order valence-electron chi connectivity index (χ3n) is 1.64. The van der Waals surface area contributed by atoms with Gasteiger partial charge in [-0.15, -0.1) is 0 Å². The van der Waals surface area contributed by atoms with E-state index in [2.05, 4.69) is 4.98 Å². The number of nitrogens with zero attached hydrogens (tertiary/aromatic N) is 1. The van der Waals surface area contributed by atoms with Gasteiger partial charge in [-0.2, -0.15) is 4.98 Å². The molecule has 0 unspecified atom stereocenters. The maximum absolute atomic E-state index is 5.73. The van der Waals surface area contributed by atoms with Gasteiger partial charge in [0.15, 0.2) is 5.15 Å². The molecule has 0 saturated heterocycles. The molecule has 0 N–H and O–H groups in total. The smallest absolute Gasteiger partial charge is 0.365 e. The van der Waals surface area contributed by atoms with Crippen molar-refractivity contribution in [3.05, 3.63) is 39.8 Å². The number of aromatic nitrogens is 1. The number of thiocarbonyl (C=S) groups is 1.